The lowest BCUT2D eigenvalue weighted by Gasteiger charge is -2.39. The zero-order chi connectivity index (χ0) is 38.8. The van der Waals surface area contributed by atoms with Gasteiger partial charge in [-0.3, -0.25) is 24.0 Å². The number of rotatable bonds is 17. The Morgan fingerprint density at radius 3 is 2.16 bits per heavy atom. The fourth-order valence-corrected chi connectivity index (χ4v) is 5.64. The summed E-state index contributed by atoms with van der Waals surface area (Å²) in [7, 11) is 1.59. The number of likely N-dealkylation sites (N-methyl/N-ethyl adjacent to an activating group) is 1. The summed E-state index contributed by atoms with van der Waals surface area (Å²) in [5.74, 6) is -3.93. The lowest BCUT2D eigenvalue weighted by Crippen LogP contribution is -2.61. The Labute approximate surface area is 300 Å². The lowest BCUT2D eigenvalue weighted by molar-refractivity contribution is -0.141. The molecule has 1 aromatic rings. The highest BCUT2D eigenvalue weighted by atomic mass is 16.4. The second kappa shape index (κ2) is 18.1. The number of carboxylic acid groups (broad SMARTS) is 1. The van der Waals surface area contributed by atoms with E-state index in [0.717, 1.165) is 10.5 Å². The molecule has 51 heavy (non-hydrogen) atoms. The summed E-state index contributed by atoms with van der Waals surface area (Å²) < 4.78 is 0. The van der Waals surface area contributed by atoms with Gasteiger partial charge in [-0.25, -0.2) is 4.79 Å². The Hall–Kier alpha value is -4.56. The third kappa shape index (κ3) is 11.7. The standard InChI is InChI=1S/C37H56N6O8/c1-22(2)26(42(9)34(49)31(36(4,5)6)41-33(48)30(38)37(7,8)24-13-11-10-12-14-24)21-23(3)32(47)40-25(35(50)51)15-16-27(44)39-19-20-43-28(45)17-18-29(43)46/h10-14,17-18,21-22,25-26,28,30-31,45H,15-16,19-20,38H2,1-9H3,(H,39,44)(H,40,47)(H,41,48)(H,50,51)/b23-21+/t25-,26-,28?,30-,31-/m1/s1. The van der Waals surface area contributed by atoms with Crippen molar-refractivity contribution in [2.75, 3.05) is 20.1 Å². The molecule has 1 aliphatic rings. The van der Waals surface area contributed by atoms with E-state index in [4.69, 9.17) is 5.73 Å². The number of aliphatic hydroxyl groups excluding tert-OH is 1. The Morgan fingerprint density at radius 2 is 1.65 bits per heavy atom. The highest BCUT2D eigenvalue weighted by Gasteiger charge is 2.41. The first-order chi connectivity index (χ1) is 23.6. The highest BCUT2D eigenvalue weighted by Crippen LogP contribution is 2.28. The van der Waals surface area contributed by atoms with Gasteiger partial charge in [-0.15, -0.1) is 0 Å². The zero-order valence-corrected chi connectivity index (χ0v) is 31.2. The summed E-state index contributed by atoms with van der Waals surface area (Å²) >= 11 is 0. The first-order valence-electron chi connectivity index (χ1n) is 17.1. The van der Waals surface area contributed by atoms with Crippen LogP contribution >= 0.6 is 0 Å². The van der Waals surface area contributed by atoms with E-state index in [9.17, 15) is 39.0 Å². The maximum absolute atomic E-state index is 14.1. The van der Waals surface area contributed by atoms with Crippen LogP contribution in [0.3, 0.4) is 0 Å². The number of nitrogens with zero attached hydrogens (tertiary/aromatic N) is 2. The molecule has 2 rings (SSSR count). The fourth-order valence-electron chi connectivity index (χ4n) is 5.64. The third-order valence-corrected chi connectivity index (χ3v) is 9.19. The van der Waals surface area contributed by atoms with Crippen LogP contribution in [0.4, 0.5) is 0 Å². The number of amides is 5. The number of aliphatic carboxylic acids is 1. The van der Waals surface area contributed by atoms with Gasteiger partial charge in [-0.2, -0.15) is 0 Å². The van der Waals surface area contributed by atoms with E-state index in [2.05, 4.69) is 16.0 Å². The van der Waals surface area contributed by atoms with Crippen LogP contribution in [-0.4, -0.2) is 106 Å². The number of carbonyl (C=O) groups excluding carboxylic acids is 5. The van der Waals surface area contributed by atoms with E-state index < -0.39 is 70.8 Å². The molecule has 14 heteroatoms. The van der Waals surface area contributed by atoms with Crippen molar-refractivity contribution in [2.24, 2.45) is 17.1 Å². The number of carboxylic acids is 1. The Balaban J connectivity index is 2.11. The molecule has 1 heterocycles. The molecule has 0 bridgehead atoms. The summed E-state index contributed by atoms with van der Waals surface area (Å²) in [4.78, 5) is 79.4. The van der Waals surface area contributed by atoms with E-state index in [0.29, 0.717) is 0 Å². The second-order valence-corrected chi connectivity index (χ2v) is 15.0. The van der Waals surface area contributed by atoms with Crippen LogP contribution in [0.15, 0.2) is 54.1 Å². The molecule has 282 valence electrons. The van der Waals surface area contributed by atoms with Gasteiger partial charge in [0.2, 0.25) is 29.5 Å². The number of benzene rings is 1. The Morgan fingerprint density at radius 1 is 1.04 bits per heavy atom. The predicted octanol–water partition coefficient (Wildman–Crippen LogP) is 1.43. The monoisotopic (exact) mass is 712 g/mol. The molecule has 0 aromatic heterocycles. The van der Waals surface area contributed by atoms with Gasteiger partial charge in [-0.05, 0) is 36.3 Å². The summed E-state index contributed by atoms with van der Waals surface area (Å²) in [5, 5.41) is 27.4. The van der Waals surface area contributed by atoms with Crippen molar-refractivity contribution >= 4 is 35.5 Å². The van der Waals surface area contributed by atoms with Gasteiger partial charge in [0.05, 0.1) is 12.1 Å². The van der Waals surface area contributed by atoms with E-state index in [1.54, 1.807) is 13.1 Å². The lowest BCUT2D eigenvalue weighted by atomic mass is 9.77. The molecule has 7 N–H and O–H groups in total. The fraction of sp³-hybridized carbons (Fsp3) is 0.568. The minimum absolute atomic E-state index is 0.0519. The van der Waals surface area contributed by atoms with Crippen molar-refractivity contribution in [3.63, 3.8) is 0 Å². The van der Waals surface area contributed by atoms with Crippen LogP contribution in [0.2, 0.25) is 0 Å². The van der Waals surface area contributed by atoms with E-state index in [-0.39, 0.29) is 43.3 Å². The predicted molar refractivity (Wildman–Crippen MR) is 193 cm³/mol. The summed E-state index contributed by atoms with van der Waals surface area (Å²) in [5.41, 5.74) is 6.08. The topological polar surface area (TPSA) is 211 Å². The van der Waals surface area contributed by atoms with Gasteiger partial charge in [-0.1, -0.05) is 84.9 Å². The SMILES string of the molecule is C/C(=C\[C@H](C(C)C)N(C)C(=O)[C@@H](NC(=O)[C@@H](N)C(C)(C)c1ccccc1)C(C)(C)C)C(=O)N[C@H](CCC(=O)NCCN1C(=O)C=CC1O)C(=O)O. The number of hydrogen-bond acceptors (Lipinski definition) is 8. The molecule has 1 unspecified atom stereocenters. The summed E-state index contributed by atoms with van der Waals surface area (Å²) in [6.45, 7) is 14.6. The molecule has 5 atom stereocenters. The van der Waals surface area contributed by atoms with Crippen LogP contribution in [0.1, 0.15) is 73.8 Å². The van der Waals surface area contributed by atoms with Crippen molar-refractivity contribution in [3.8, 4) is 0 Å². The van der Waals surface area contributed by atoms with E-state index in [1.807, 2.05) is 78.8 Å². The minimum Gasteiger partial charge on any atom is -0.480 e. The van der Waals surface area contributed by atoms with Gasteiger partial charge in [0, 0.05) is 43.6 Å². The summed E-state index contributed by atoms with van der Waals surface area (Å²) in [6, 6.07) is 5.51. The number of nitrogens with two attached hydrogens (primary N) is 1. The quantitative estimate of drug-likeness (QED) is 0.129. The molecule has 0 radical (unpaired) electrons. The van der Waals surface area contributed by atoms with Gasteiger partial charge in [0.15, 0.2) is 0 Å². The maximum atomic E-state index is 14.1. The molecule has 0 fully saturated rings. The number of carbonyl (C=O) groups is 6. The third-order valence-electron chi connectivity index (χ3n) is 9.19. The highest BCUT2D eigenvalue weighted by molar-refractivity contribution is 5.96. The number of aliphatic hydroxyl groups is 1. The molecule has 0 spiro atoms. The molecule has 0 aliphatic carbocycles. The largest absolute Gasteiger partial charge is 0.480 e. The van der Waals surface area contributed by atoms with E-state index in [1.165, 1.54) is 24.0 Å². The first-order valence-corrected chi connectivity index (χ1v) is 17.1. The Kier molecular flexibility index (Phi) is 15.1. The van der Waals surface area contributed by atoms with Crippen LogP contribution < -0.4 is 21.7 Å². The molecule has 5 amide bonds. The molecule has 0 saturated carbocycles. The molecule has 14 nitrogen and oxygen atoms in total. The summed E-state index contributed by atoms with van der Waals surface area (Å²) in [6.07, 6.45) is 2.66. The van der Waals surface area contributed by atoms with Crippen LogP contribution in [0, 0.1) is 11.3 Å². The molecular weight excluding hydrogens is 656 g/mol. The van der Waals surface area contributed by atoms with Crippen molar-refractivity contribution in [3.05, 3.63) is 59.7 Å². The van der Waals surface area contributed by atoms with Crippen molar-refractivity contribution in [1.82, 2.24) is 25.8 Å². The number of hydrogen-bond donors (Lipinski definition) is 6. The van der Waals surface area contributed by atoms with Crippen molar-refractivity contribution in [2.45, 2.75) is 104 Å². The smallest absolute Gasteiger partial charge is 0.326 e. The second-order valence-electron chi connectivity index (χ2n) is 15.0. The average Bonchev–Trinajstić information content (AvgIpc) is 3.38. The Bertz CT molecular complexity index is 1480. The van der Waals surface area contributed by atoms with E-state index >= 15 is 0 Å². The molecule has 1 aliphatic heterocycles. The van der Waals surface area contributed by atoms with Gasteiger partial charge in [0.25, 0.3) is 0 Å². The van der Waals surface area contributed by atoms with Gasteiger partial charge in [0.1, 0.15) is 18.3 Å². The minimum atomic E-state index is -1.38. The molecule has 0 saturated heterocycles. The molecule has 1 aromatic carbocycles. The normalized spacial score (nSPS) is 17.4. The maximum Gasteiger partial charge on any atom is 0.326 e. The first kappa shape index (κ1) is 42.6. The average molecular weight is 713 g/mol. The number of nitrogens with one attached hydrogen (secondary N) is 3. The molecular formula is C37H56N6O8. The van der Waals surface area contributed by atoms with Crippen LogP contribution in [0.25, 0.3) is 0 Å². The van der Waals surface area contributed by atoms with Gasteiger partial charge >= 0.3 is 5.97 Å². The van der Waals surface area contributed by atoms with Crippen molar-refractivity contribution < 1.29 is 39.0 Å². The van der Waals surface area contributed by atoms with Crippen LogP contribution in [0.5, 0.6) is 0 Å². The zero-order valence-electron chi connectivity index (χ0n) is 31.2. The van der Waals surface area contributed by atoms with Crippen LogP contribution in [-0.2, 0) is 34.2 Å². The van der Waals surface area contributed by atoms with Crippen molar-refractivity contribution in [1.29, 1.82) is 0 Å². The van der Waals surface area contributed by atoms with Gasteiger partial charge < -0.3 is 41.7 Å².